The van der Waals surface area contributed by atoms with E-state index < -0.39 is 10.8 Å². The number of carbonyl (C=O) groups is 1. The molecule has 1 amide bonds. The van der Waals surface area contributed by atoms with E-state index in [2.05, 4.69) is 10.5 Å². The molecule has 0 aliphatic rings. The van der Waals surface area contributed by atoms with Crippen LogP contribution in [0.1, 0.15) is 22.8 Å². The molecule has 118 valence electrons. The summed E-state index contributed by atoms with van der Waals surface area (Å²) >= 11 is 0. The van der Waals surface area contributed by atoms with E-state index in [0.29, 0.717) is 23.5 Å². The van der Waals surface area contributed by atoms with Gasteiger partial charge in [0, 0.05) is 17.7 Å². The monoisotopic (exact) mass is 313 g/mol. The minimum absolute atomic E-state index is 0.0398. The summed E-state index contributed by atoms with van der Waals surface area (Å²) in [7, 11) is 0. The lowest BCUT2D eigenvalue weighted by atomic mass is 10.2. The minimum atomic E-state index is -0.492. The van der Waals surface area contributed by atoms with Gasteiger partial charge in [0.1, 0.15) is 5.75 Å². The number of nitrogens with one attached hydrogen (secondary N) is 1. The Morgan fingerprint density at radius 1 is 1.30 bits per heavy atom. The van der Waals surface area contributed by atoms with Gasteiger partial charge in [-0.2, -0.15) is 5.10 Å². The van der Waals surface area contributed by atoms with Crippen molar-refractivity contribution >= 4 is 17.8 Å². The molecule has 0 heterocycles. The highest BCUT2D eigenvalue weighted by Gasteiger charge is 2.10. The standard InChI is InChI=1S/C16H15N3O4/c1-2-23-15-9-4-3-8-14(15)16(20)18-17-11-12-6-5-7-13(10-12)19(21)22/h3-11H,2H2,1H3,(H,18,20). The number of nitro benzene ring substituents is 1. The van der Waals surface area contributed by atoms with Crippen LogP contribution in [0.15, 0.2) is 53.6 Å². The Morgan fingerprint density at radius 3 is 2.83 bits per heavy atom. The van der Waals surface area contributed by atoms with Crippen molar-refractivity contribution in [2.24, 2.45) is 5.10 Å². The number of carbonyl (C=O) groups excluding carboxylic acids is 1. The van der Waals surface area contributed by atoms with Crippen LogP contribution in [0.2, 0.25) is 0 Å². The molecule has 1 N–H and O–H groups in total. The third-order valence-corrected chi connectivity index (χ3v) is 2.89. The van der Waals surface area contributed by atoms with Crippen molar-refractivity contribution in [2.75, 3.05) is 6.61 Å². The van der Waals surface area contributed by atoms with Gasteiger partial charge in [0.25, 0.3) is 11.6 Å². The van der Waals surface area contributed by atoms with Crippen LogP contribution in [0.25, 0.3) is 0 Å². The Hall–Kier alpha value is -3.22. The lowest BCUT2D eigenvalue weighted by molar-refractivity contribution is -0.384. The summed E-state index contributed by atoms with van der Waals surface area (Å²) in [6.45, 7) is 2.27. The largest absolute Gasteiger partial charge is 0.493 e. The molecular weight excluding hydrogens is 298 g/mol. The van der Waals surface area contributed by atoms with Crippen LogP contribution in [0.5, 0.6) is 5.75 Å². The quantitative estimate of drug-likeness (QED) is 0.504. The first kappa shape index (κ1) is 16.2. The molecule has 0 aromatic heterocycles. The van der Waals surface area contributed by atoms with E-state index in [1.165, 1.54) is 18.3 Å². The van der Waals surface area contributed by atoms with Gasteiger partial charge >= 0.3 is 0 Å². The summed E-state index contributed by atoms with van der Waals surface area (Å²) in [5, 5.41) is 14.5. The molecule has 2 aromatic carbocycles. The van der Waals surface area contributed by atoms with Gasteiger partial charge < -0.3 is 4.74 Å². The Morgan fingerprint density at radius 2 is 2.09 bits per heavy atom. The summed E-state index contributed by atoms with van der Waals surface area (Å²) in [6, 6.07) is 12.8. The lowest BCUT2D eigenvalue weighted by Crippen LogP contribution is -2.18. The molecule has 0 spiro atoms. The molecule has 0 saturated heterocycles. The van der Waals surface area contributed by atoms with Crippen molar-refractivity contribution in [1.29, 1.82) is 0 Å². The van der Waals surface area contributed by atoms with Crippen LogP contribution >= 0.6 is 0 Å². The Bertz CT molecular complexity index is 744. The highest BCUT2D eigenvalue weighted by atomic mass is 16.6. The van der Waals surface area contributed by atoms with E-state index in [1.54, 1.807) is 36.4 Å². The van der Waals surface area contributed by atoms with Crippen molar-refractivity contribution in [3.63, 3.8) is 0 Å². The maximum absolute atomic E-state index is 12.1. The Kier molecular flexibility index (Phi) is 5.40. The lowest BCUT2D eigenvalue weighted by Gasteiger charge is -2.08. The highest BCUT2D eigenvalue weighted by Crippen LogP contribution is 2.17. The average Bonchev–Trinajstić information content (AvgIpc) is 2.56. The van der Waals surface area contributed by atoms with Gasteiger partial charge in [-0.25, -0.2) is 5.43 Å². The molecular formula is C16H15N3O4. The van der Waals surface area contributed by atoms with Crippen LogP contribution < -0.4 is 10.2 Å². The smallest absolute Gasteiger partial charge is 0.275 e. The second-order valence-corrected chi connectivity index (χ2v) is 4.48. The number of benzene rings is 2. The normalized spacial score (nSPS) is 10.5. The minimum Gasteiger partial charge on any atom is -0.493 e. The van der Waals surface area contributed by atoms with Crippen molar-refractivity contribution in [1.82, 2.24) is 5.43 Å². The summed E-state index contributed by atoms with van der Waals surface area (Å²) in [5.41, 5.74) is 3.21. The van der Waals surface area contributed by atoms with E-state index >= 15 is 0 Å². The third-order valence-electron chi connectivity index (χ3n) is 2.89. The molecule has 0 aliphatic carbocycles. The second-order valence-electron chi connectivity index (χ2n) is 4.48. The van der Waals surface area contributed by atoms with Gasteiger partial charge in [0.15, 0.2) is 0 Å². The molecule has 2 aromatic rings. The van der Waals surface area contributed by atoms with E-state index in [4.69, 9.17) is 4.74 Å². The third kappa shape index (κ3) is 4.37. The van der Waals surface area contributed by atoms with Crippen molar-refractivity contribution < 1.29 is 14.5 Å². The average molecular weight is 313 g/mol. The fraction of sp³-hybridized carbons (Fsp3) is 0.125. The first-order chi connectivity index (χ1) is 11.1. The maximum Gasteiger partial charge on any atom is 0.275 e. The van der Waals surface area contributed by atoms with Gasteiger partial charge in [-0.15, -0.1) is 0 Å². The van der Waals surface area contributed by atoms with Gasteiger partial charge in [0.2, 0.25) is 0 Å². The van der Waals surface area contributed by atoms with E-state index in [0.717, 1.165) is 0 Å². The molecule has 0 fully saturated rings. The van der Waals surface area contributed by atoms with Crippen LogP contribution in [0.4, 0.5) is 5.69 Å². The molecule has 0 radical (unpaired) electrons. The molecule has 0 saturated carbocycles. The zero-order valence-corrected chi connectivity index (χ0v) is 12.4. The number of ether oxygens (including phenoxy) is 1. The summed E-state index contributed by atoms with van der Waals surface area (Å²) in [5.74, 6) is 0.0498. The van der Waals surface area contributed by atoms with Crippen LogP contribution in [-0.2, 0) is 0 Å². The molecule has 0 unspecified atom stereocenters. The van der Waals surface area contributed by atoms with E-state index in [1.807, 2.05) is 6.92 Å². The zero-order chi connectivity index (χ0) is 16.7. The van der Waals surface area contributed by atoms with Crippen LogP contribution in [0, 0.1) is 10.1 Å². The molecule has 0 atom stereocenters. The number of amides is 1. The van der Waals surface area contributed by atoms with E-state index in [9.17, 15) is 14.9 Å². The fourth-order valence-electron chi connectivity index (χ4n) is 1.88. The number of hydrogen-bond acceptors (Lipinski definition) is 5. The SMILES string of the molecule is CCOc1ccccc1C(=O)NN=Cc1cccc([N+](=O)[O-])c1. The predicted octanol–water partition coefficient (Wildman–Crippen LogP) is 2.76. The molecule has 23 heavy (non-hydrogen) atoms. The van der Waals surface area contributed by atoms with E-state index in [-0.39, 0.29) is 5.69 Å². The van der Waals surface area contributed by atoms with Crippen molar-refractivity contribution in [3.8, 4) is 5.75 Å². The summed E-state index contributed by atoms with van der Waals surface area (Å²) < 4.78 is 5.38. The van der Waals surface area contributed by atoms with Crippen LogP contribution in [-0.4, -0.2) is 23.7 Å². The maximum atomic E-state index is 12.1. The second kappa shape index (κ2) is 7.69. The number of rotatable bonds is 6. The van der Waals surface area contributed by atoms with Crippen molar-refractivity contribution in [2.45, 2.75) is 6.92 Å². The van der Waals surface area contributed by atoms with Crippen molar-refractivity contribution in [3.05, 3.63) is 69.8 Å². The molecule has 7 nitrogen and oxygen atoms in total. The number of para-hydroxylation sites is 1. The summed E-state index contributed by atoms with van der Waals surface area (Å²) in [4.78, 5) is 22.3. The number of nitro groups is 1. The molecule has 2 rings (SSSR count). The Labute approximate surface area is 132 Å². The number of hydrogen-bond donors (Lipinski definition) is 1. The van der Waals surface area contributed by atoms with Crippen LogP contribution in [0.3, 0.4) is 0 Å². The van der Waals surface area contributed by atoms with Gasteiger partial charge in [-0.3, -0.25) is 14.9 Å². The predicted molar refractivity (Wildman–Crippen MR) is 85.8 cm³/mol. The first-order valence-electron chi connectivity index (χ1n) is 6.91. The summed E-state index contributed by atoms with van der Waals surface area (Å²) in [6.07, 6.45) is 1.34. The van der Waals surface area contributed by atoms with Gasteiger partial charge in [-0.1, -0.05) is 24.3 Å². The number of nitrogens with zero attached hydrogens (tertiary/aromatic N) is 2. The zero-order valence-electron chi connectivity index (χ0n) is 12.4. The first-order valence-corrected chi connectivity index (χ1v) is 6.91. The topological polar surface area (TPSA) is 93.8 Å². The Balaban J connectivity index is 2.07. The molecule has 0 bridgehead atoms. The number of non-ortho nitro benzene ring substituents is 1. The fourth-order valence-corrected chi connectivity index (χ4v) is 1.88. The highest BCUT2D eigenvalue weighted by molar-refractivity contribution is 5.97. The molecule has 0 aliphatic heterocycles. The van der Waals surface area contributed by atoms with Gasteiger partial charge in [-0.05, 0) is 19.1 Å². The molecule has 7 heteroatoms. The van der Waals surface area contributed by atoms with Gasteiger partial charge in [0.05, 0.1) is 23.3 Å². The number of hydrazone groups is 1.